The molecule has 7 heteroatoms. The van der Waals surface area contributed by atoms with Gasteiger partial charge in [0.05, 0.1) is 30.4 Å². The Morgan fingerprint density at radius 1 is 1.21 bits per heavy atom. The molecular weight excluding hydrogens is 371 g/mol. The van der Waals surface area contributed by atoms with Gasteiger partial charge in [0.25, 0.3) is 5.91 Å². The first kappa shape index (κ1) is 18.7. The van der Waals surface area contributed by atoms with Crippen molar-refractivity contribution in [3.05, 3.63) is 65.7 Å². The van der Waals surface area contributed by atoms with Crippen LogP contribution in [0, 0.1) is 5.82 Å². The molecule has 0 bridgehead atoms. The molecule has 0 saturated carbocycles. The standard InChI is InChI=1S/C22H25FN4O2/c23-20-6-2-1-5-19(20)21(28)26-12-18-13-29-9-8-27(18)22(16-26)14-25(15-22)11-17-4-3-7-24-10-17/h1-7,10,18H,8-9,11-16H2/t18-/m1/s1. The zero-order chi connectivity index (χ0) is 19.8. The number of ether oxygens (including phenoxy) is 1. The Hall–Kier alpha value is -2.35. The van der Waals surface area contributed by atoms with Crippen LogP contribution in [0.2, 0.25) is 0 Å². The van der Waals surface area contributed by atoms with E-state index in [2.05, 4.69) is 20.9 Å². The van der Waals surface area contributed by atoms with Crippen molar-refractivity contribution in [1.82, 2.24) is 19.7 Å². The van der Waals surface area contributed by atoms with Crippen LogP contribution in [0.5, 0.6) is 0 Å². The van der Waals surface area contributed by atoms with Crippen molar-refractivity contribution in [1.29, 1.82) is 0 Å². The van der Waals surface area contributed by atoms with Crippen molar-refractivity contribution in [2.75, 3.05) is 45.9 Å². The van der Waals surface area contributed by atoms with Gasteiger partial charge >= 0.3 is 0 Å². The van der Waals surface area contributed by atoms with Crippen LogP contribution in [0.1, 0.15) is 15.9 Å². The highest BCUT2D eigenvalue weighted by Gasteiger charge is 2.54. The summed E-state index contributed by atoms with van der Waals surface area (Å²) in [5.41, 5.74) is 1.26. The van der Waals surface area contributed by atoms with Gasteiger partial charge in [0.1, 0.15) is 5.82 Å². The molecule has 1 aromatic carbocycles. The fraction of sp³-hybridized carbons (Fsp3) is 0.455. The maximum absolute atomic E-state index is 14.2. The van der Waals surface area contributed by atoms with Gasteiger partial charge in [-0.05, 0) is 23.8 Å². The van der Waals surface area contributed by atoms with Crippen molar-refractivity contribution < 1.29 is 13.9 Å². The summed E-state index contributed by atoms with van der Waals surface area (Å²) in [5.74, 6) is -0.681. The maximum Gasteiger partial charge on any atom is 0.256 e. The van der Waals surface area contributed by atoms with Crippen LogP contribution in [-0.2, 0) is 11.3 Å². The minimum Gasteiger partial charge on any atom is -0.378 e. The molecule has 0 unspecified atom stereocenters. The number of carbonyl (C=O) groups is 1. The summed E-state index contributed by atoms with van der Waals surface area (Å²) in [5, 5.41) is 0. The van der Waals surface area contributed by atoms with Crippen LogP contribution < -0.4 is 0 Å². The Balaban J connectivity index is 1.35. The predicted octanol–water partition coefficient (Wildman–Crippen LogP) is 1.63. The SMILES string of the molecule is O=C(c1ccccc1F)N1C[C@@H]2COCCN2C2(CN(Cc3cccnc3)C2)C1. The van der Waals surface area contributed by atoms with Crippen LogP contribution in [0.15, 0.2) is 48.8 Å². The topological polar surface area (TPSA) is 48.9 Å². The number of likely N-dealkylation sites (tertiary alicyclic amines) is 1. The Morgan fingerprint density at radius 3 is 2.86 bits per heavy atom. The molecule has 1 amide bonds. The lowest BCUT2D eigenvalue weighted by Crippen LogP contribution is -2.80. The number of amides is 1. The average molecular weight is 396 g/mol. The van der Waals surface area contributed by atoms with E-state index >= 15 is 0 Å². The normalized spacial score (nSPS) is 24.2. The van der Waals surface area contributed by atoms with E-state index in [-0.39, 0.29) is 23.1 Å². The third kappa shape index (κ3) is 3.43. The van der Waals surface area contributed by atoms with E-state index in [1.807, 2.05) is 17.2 Å². The number of piperazine rings is 1. The van der Waals surface area contributed by atoms with Crippen LogP contribution in [0.4, 0.5) is 4.39 Å². The van der Waals surface area contributed by atoms with E-state index in [1.54, 1.807) is 24.4 Å². The van der Waals surface area contributed by atoms with Gasteiger partial charge in [0, 0.05) is 51.7 Å². The highest BCUT2D eigenvalue weighted by Crippen LogP contribution is 2.36. The van der Waals surface area contributed by atoms with Crippen molar-refractivity contribution in [2.45, 2.75) is 18.1 Å². The monoisotopic (exact) mass is 396 g/mol. The summed E-state index contributed by atoms with van der Waals surface area (Å²) in [4.78, 5) is 24.0. The van der Waals surface area contributed by atoms with E-state index in [0.29, 0.717) is 19.7 Å². The fourth-order valence-corrected chi connectivity index (χ4v) is 5.08. The van der Waals surface area contributed by atoms with Gasteiger partial charge in [0.15, 0.2) is 0 Å². The van der Waals surface area contributed by atoms with Crippen molar-refractivity contribution in [3.63, 3.8) is 0 Å². The molecular formula is C22H25FN4O2. The quantitative estimate of drug-likeness (QED) is 0.789. The van der Waals surface area contributed by atoms with Gasteiger partial charge in [-0.25, -0.2) is 4.39 Å². The molecule has 0 aliphatic carbocycles. The lowest BCUT2D eigenvalue weighted by Gasteiger charge is -2.63. The summed E-state index contributed by atoms with van der Waals surface area (Å²) in [7, 11) is 0. The second-order valence-corrected chi connectivity index (χ2v) is 8.32. The number of carbonyl (C=O) groups excluding carboxylic acids is 1. The first-order valence-electron chi connectivity index (χ1n) is 10.1. The molecule has 5 rings (SSSR count). The molecule has 0 N–H and O–H groups in total. The molecule has 6 nitrogen and oxygen atoms in total. The first-order chi connectivity index (χ1) is 14.1. The molecule has 1 spiro atoms. The highest BCUT2D eigenvalue weighted by atomic mass is 19.1. The lowest BCUT2D eigenvalue weighted by atomic mass is 9.82. The molecule has 29 heavy (non-hydrogen) atoms. The second kappa shape index (κ2) is 7.48. The third-order valence-corrected chi connectivity index (χ3v) is 6.31. The molecule has 3 saturated heterocycles. The molecule has 2 aromatic rings. The number of fused-ring (bicyclic) bond motifs is 2. The van der Waals surface area contributed by atoms with Crippen LogP contribution in [-0.4, -0.2) is 83.1 Å². The highest BCUT2D eigenvalue weighted by molar-refractivity contribution is 5.94. The van der Waals surface area contributed by atoms with E-state index in [0.717, 1.165) is 32.8 Å². The Labute approximate surface area is 169 Å². The lowest BCUT2D eigenvalue weighted by molar-refractivity contribution is -0.160. The Morgan fingerprint density at radius 2 is 2.07 bits per heavy atom. The smallest absolute Gasteiger partial charge is 0.256 e. The summed E-state index contributed by atoms with van der Waals surface area (Å²) in [6.07, 6.45) is 3.68. The Kier molecular flexibility index (Phi) is 4.81. The van der Waals surface area contributed by atoms with E-state index in [9.17, 15) is 9.18 Å². The molecule has 1 aromatic heterocycles. The number of aromatic nitrogens is 1. The first-order valence-corrected chi connectivity index (χ1v) is 10.1. The molecule has 1 atom stereocenters. The molecule has 3 aliphatic heterocycles. The van der Waals surface area contributed by atoms with Gasteiger partial charge in [0.2, 0.25) is 0 Å². The number of rotatable bonds is 3. The zero-order valence-corrected chi connectivity index (χ0v) is 16.3. The molecule has 152 valence electrons. The molecule has 3 aliphatic rings. The van der Waals surface area contributed by atoms with Crippen LogP contribution in [0.25, 0.3) is 0 Å². The molecule has 0 radical (unpaired) electrons. The number of pyridine rings is 1. The summed E-state index contributed by atoms with van der Waals surface area (Å²) >= 11 is 0. The summed E-state index contributed by atoms with van der Waals surface area (Å²) < 4.78 is 19.9. The van der Waals surface area contributed by atoms with Gasteiger partial charge in [-0.3, -0.25) is 19.6 Å². The fourth-order valence-electron chi connectivity index (χ4n) is 5.08. The Bertz CT molecular complexity index is 887. The van der Waals surface area contributed by atoms with Gasteiger partial charge < -0.3 is 9.64 Å². The minimum atomic E-state index is -0.458. The number of hydrogen-bond donors (Lipinski definition) is 0. The maximum atomic E-state index is 14.2. The van der Waals surface area contributed by atoms with Gasteiger partial charge in [-0.1, -0.05) is 18.2 Å². The third-order valence-electron chi connectivity index (χ3n) is 6.31. The van der Waals surface area contributed by atoms with E-state index in [1.165, 1.54) is 11.6 Å². The zero-order valence-electron chi connectivity index (χ0n) is 16.3. The second-order valence-electron chi connectivity index (χ2n) is 8.32. The minimum absolute atomic E-state index is 0.0875. The predicted molar refractivity (Wildman–Crippen MR) is 106 cm³/mol. The van der Waals surface area contributed by atoms with Crippen molar-refractivity contribution >= 4 is 5.91 Å². The van der Waals surface area contributed by atoms with E-state index in [4.69, 9.17) is 4.74 Å². The number of morpholine rings is 1. The van der Waals surface area contributed by atoms with Crippen molar-refractivity contribution in [3.8, 4) is 0 Å². The van der Waals surface area contributed by atoms with Gasteiger partial charge in [-0.15, -0.1) is 0 Å². The van der Waals surface area contributed by atoms with Crippen LogP contribution in [0.3, 0.4) is 0 Å². The molecule has 3 fully saturated rings. The van der Waals surface area contributed by atoms with Gasteiger partial charge in [-0.2, -0.15) is 0 Å². The average Bonchev–Trinajstić information content (AvgIpc) is 2.73. The number of benzene rings is 1. The van der Waals surface area contributed by atoms with Crippen LogP contribution >= 0.6 is 0 Å². The van der Waals surface area contributed by atoms with Crippen molar-refractivity contribution in [2.24, 2.45) is 0 Å². The number of hydrogen-bond acceptors (Lipinski definition) is 5. The number of halogens is 1. The largest absolute Gasteiger partial charge is 0.378 e. The van der Waals surface area contributed by atoms with E-state index < -0.39 is 5.82 Å². The summed E-state index contributed by atoms with van der Waals surface area (Å²) in [6, 6.07) is 10.5. The molecule has 4 heterocycles. The summed E-state index contributed by atoms with van der Waals surface area (Å²) in [6.45, 7) is 6.06. The number of nitrogens with zero attached hydrogens (tertiary/aromatic N) is 4.